The highest BCUT2D eigenvalue weighted by Crippen LogP contribution is 2.29. The molecule has 0 bridgehead atoms. The van der Waals surface area contributed by atoms with Crippen LogP contribution in [0.3, 0.4) is 0 Å². The summed E-state index contributed by atoms with van der Waals surface area (Å²) in [4.78, 5) is 38.2. The van der Waals surface area contributed by atoms with Crippen molar-refractivity contribution in [2.45, 2.75) is 32.6 Å². The van der Waals surface area contributed by atoms with Gasteiger partial charge in [0.1, 0.15) is 5.69 Å². The summed E-state index contributed by atoms with van der Waals surface area (Å²) in [5.41, 5.74) is 1.12. The van der Waals surface area contributed by atoms with Crippen molar-refractivity contribution in [3.63, 3.8) is 0 Å². The smallest absolute Gasteiger partial charge is 0.293 e. The molecular weight excluding hydrogens is 396 g/mol. The molecular formula is C23H28N4O4. The second kappa shape index (κ2) is 10.6. The number of carbonyl (C=O) groups is 2. The minimum atomic E-state index is -0.498. The lowest BCUT2D eigenvalue weighted by molar-refractivity contribution is -0.383. The molecule has 8 heteroatoms. The molecule has 0 spiro atoms. The van der Waals surface area contributed by atoms with E-state index >= 15 is 0 Å². The van der Waals surface area contributed by atoms with E-state index in [1.165, 1.54) is 6.07 Å². The highest BCUT2D eigenvalue weighted by Gasteiger charge is 2.29. The standard InChI is InChI=1S/C23H28N4O4/c1-2-3-13-24-22(28)18-8-7-14-26(16-18)23(29)17-11-12-20(21(15-17)27(30)31)25-19-9-5-4-6-10-19/h4-6,9-12,15,18,25H,2-3,7-8,13-14,16H2,1H3,(H,24,28). The molecule has 1 fully saturated rings. The number of nitrogens with zero attached hydrogens (tertiary/aromatic N) is 2. The molecule has 1 unspecified atom stereocenters. The second-order valence-electron chi connectivity index (χ2n) is 7.71. The molecule has 1 atom stereocenters. The van der Waals surface area contributed by atoms with E-state index < -0.39 is 4.92 Å². The third-order valence-corrected chi connectivity index (χ3v) is 5.40. The van der Waals surface area contributed by atoms with Crippen LogP contribution in [0.4, 0.5) is 17.1 Å². The summed E-state index contributed by atoms with van der Waals surface area (Å²) in [5.74, 6) is -0.566. The number of carbonyl (C=O) groups excluding carboxylic acids is 2. The number of amides is 2. The van der Waals surface area contributed by atoms with Gasteiger partial charge < -0.3 is 15.5 Å². The van der Waals surface area contributed by atoms with E-state index in [0.29, 0.717) is 25.3 Å². The molecule has 8 nitrogen and oxygen atoms in total. The van der Waals surface area contributed by atoms with Gasteiger partial charge in [-0.15, -0.1) is 0 Å². The van der Waals surface area contributed by atoms with E-state index in [0.717, 1.165) is 31.4 Å². The predicted octanol–water partition coefficient (Wildman–Crippen LogP) is 4.11. The molecule has 0 aliphatic carbocycles. The monoisotopic (exact) mass is 424 g/mol. The van der Waals surface area contributed by atoms with Gasteiger partial charge in [-0.3, -0.25) is 19.7 Å². The van der Waals surface area contributed by atoms with Crippen LogP contribution >= 0.6 is 0 Å². The Morgan fingerprint density at radius 2 is 1.97 bits per heavy atom. The maximum Gasteiger partial charge on any atom is 0.293 e. The minimum absolute atomic E-state index is 0.0284. The maximum atomic E-state index is 13.0. The molecule has 1 aliphatic rings. The number of piperidine rings is 1. The number of anilines is 2. The minimum Gasteiger partial charge on any atom is -0.356 e. The zero-order chi connectivity index (χ0) is 22.2. The number of nitro groups is 1. The molecule has 2 aromatic rings. The highest BCUT2D eigenvalue weighted by atomic mass is 16.6. The van der Waals surface area contributed by atoms with E-state index in [1.54, 1.807) is 17.0 Å². The van der Waals surface area contributed by atoms with E-state index in [2.05, 4.69) is 17.6 Å². The van der Waals surface area contributed by atoms with Crippen LogP contribution in [0.15, 0.2) is 48.5 Å². The van der Waals surface area contributed by atoms with Crippen molar-refractivity contribution in [2.24, 2.45) is 5.92 Å². The summed E-state index contributed by atoms with van der Waals surface area (Å²) in [6, 6.07) is 13.6. The zero-order valence-corrected chi connectivity index (χ0v) is 17.7. The van der Waals surface area contributed by atoms with Crippen LogP contribution in [0.1, 0.15) is 43.0 Å². The normalized spacial score (nSPS) is 15.9. The first-order valence-electron chi connectivity index (χ1n) is 10.7. The Bertz CT molecular complexity index is 932. The van der Waals surface area contributed by atoms with Gasteiger partial charge in [-0.1, -0.05) is 31.5 Å². The van der Waals surface area contributed by atoms with E-state index in [1.807, 2.05) is 30.3 Å². The van der Waals surface area contributed by atoms with Crippen LogP contribution in [0.5, 0.6) is 0 Å². The Balaban J connectivity index is 1.72. The third kappa shape index (κ3) is 5.81. The van der Waals surface area contributed by atoms with E-state index in [4.69, 9.17) is 0 Å². The lowest BCUT2D eigenvalue weighted by atomic mass is 9.96. The van der Waals surface area contributed by atoms with E-state index in [-0.39, 0.29) is 29.0 Å². The highest BCUT2D eigenvalue weighted by molar-refractivity contribution is 5.96. The fourth-order valence-corrected chi connectivity index (χ4v) is 3.69. The molecule has 2 N–H and O–H groups in total. The van der Waals surface area contributed by atoms with Crippen LogP contribution in [-0.4, -0.2) is 41.3 Å². The first-order chi connectivity index (χ1) is 15.0. The molecule has 3 rings (SSSR count). The zero-order valence-electron chi connectivity index (χ0n) is 17.7. The average molecular weight is 425 g/mol. The maximum absolute atomic E-state index is 13.0. The van der Waals surface area contributed by atoms with Gasteiger partial charge in [-0.25, -0.2) is 0 Å². The van der Waals surface area contributed by atoms with Crippen molar-refractivity contribution in [3.05, 3.63) is 64.2 Å². The summed E-state index contributed by atoms with van der Waals surface area (Å²) in [6.45, 7) is 3.57. The van der Waals surface area contributed by atoms with Gasteiger partial charge >= 0.3 is 0 Å². The number of benzene rings is 2. The van der Waals surface area contributed by atoms with Gasteiger partial charge in [-0.05, 0) is 43.5 Å². The van der Waals surface area contributed by atoms with Crippen LogP contribution in [0, 0.1) is 16.0 Å². The molecule has 1 aliphatic heterocycles. The Morgan fingerprint density at radius 1 is 1.19 bits per heavy atom. The number of rotatable bonds is 8. The summed E-state index contributed by atoms with van der Waals surface area (Å²) >= 11 is 0. The second-order valence-corrected chi connectivity index (χ2v) is 7.71. The number of unbranched alkanes of at least 4 members (excludes halogenated alkanes) is 1. The summed E-state index contributed by atoms with van der Waals surface area (Å²) < 4.78 is 0. The van der Waals surface area contributed by atoms with Crippen molar-refractivity contribution < 1.29 is 14.5 Å². The van der Waals surface area contributed by atoms with Gasteiger partial charge in [0.15, 0.2) is 0 Å². The molecule has 0 saturated carbocycles. The van der Waals surface area contributed by atoms with Crippen LogP contribution in [0.2, 0.25) is 0 Å². The Morgan fingerprint density at radius 3 is 2.68 bits per heavy atom. The lowest BCUT2D eigenvalue weighted by Crippen LogP contribution is -2.45. The molecule has 0 aromatic heterocycles. The fourth-order valence-electron chi connectivity index (χ4n) is 3.69. The number of hydrogen-bond donors (Lipinski definition) is 2. The summed E-state index contributed by atoms with van der Waals surface area (Å²) in [6.07, 6.45) is 3.40. The van der Waals surface area contributed by atoms with Crippen LogP contribution in [-0.2, 0) is 4.79 Å². The number of para-hydroxylation sites is 1. The fraction of sp³-hybridized carbons (Fsp3) is 0.391. The van der Waals surface area contributed by atoms with Gasteiger partial charge in [0, 0.05) is 37.0 Å². The number of hydrogen-bond acceptors (Lipinski definition) is 5. The Labute approximate surface area is 181 Å². The predicted molar refractivity (Wildman–Crippen MR) is 119 cm³/mol. The number of nitrogens with one attached hydrogen (secondary N) is 2. The largest absolute Gasteiger partial charge is 0.356 e. The third-order valence-electron chi connectivity index (χ3n) is 5.40. The molecule has 2 amide bonds. The van der Waals surface area contributed by atoms with Crippen molar-refractivity contribution >= 4 is 28.9 Å². The quantitative estimate of drug-likeness (QED) is 0.377. The van der Waals surface area contributed by atoms with Crippen LogP contribution < -0.4 is 10.6 Å². The number of likely N-dealkylation sites (tertiary alicyclic amines) is 1. The average Bonchev–Trinajstić information content (AvgIpc) is 2.79. The summed E-state index contributed by atoms with van der Waals surface area (Å²) in [7, 11) is 0. The molecule has 2 aromatic carbocycles. The molecule has 31 heavy (non-hydrogen) atoms. The first kappa shape index (κ1) is 22.3. The van der Waals surface area contributed by atoms with Crippen molar-refractivity contribution in [1.29, 1.82) is 0 Å². The Hall–Kier alpha value is -3.42. The topological polar surface area (TPSA) is 105 Å². The SMILES string of the molecule is CCCCNC(=O)C1CCCN(C(=O)c2ccc(Nc3ccccc3)c([N+](=O)[O-])c2)C1. The molecule has 1 heterocycles. The van der Waals surface area contributed by atoms with Crippen molar-refractivity contribution in [2.75, 3.05) is 25.0 Å². The van der Waals surface area contributed by atoms with Crippen molar-refractivity contribution in [1.82, 2.24) is 10.2 Å². The van der Waals surface area contributed by atoms with Crippen molar-refractivity contribution in [3.8, 4) is 0 Å². The lowest BCUT2D eigenvalue weighted by Gasteiger charge is -2.32. The Kier molecular flexibility index (Phi) is 7.59. The molecule has 0 radical (unpaired) electrons. The molecule has 1 saturated heterocycles. The van der Waals surface area contributed by atoms with Gasteiger partial charge in [0.25, 0.3) is 11.6 Å². The first-order valence-corrected chi connectivity index (χ1v) is 10.7. The van der Waals surface area contributed by atoms with Gasteiger partial charge in [0.2, 0.25) is 5.91 Å². The summed E-state index contributed by atoms with van der Waals surface area (Å²) in [5, 5.41) is 17.6. The van der Waals surface area contributed by atoms with Gasteiger partial charge in [-0.2, -0.15) is 0 Å². The molecule has 164 valence electrons. The number of nitro benzene ring substituents is 1. The van der Waals surface area contributed by atoms with E-state index in [9.17, 15) is 19.7 Å². The van der Waals surface area contributed by atoms with Crippen LogP contribution in [0.25, 0.3) is 0 Å². The van der Waals surface area contributed by atoms with Gasteiger partial charge in [0.05, 0.1) is 10.8 Å².